The van der Waals surface area contributed by atoms with Gasteiger partial charge >= 0.3 is 0 Å². The highest BCUT2D eigenvalue weighted by atomic mass is 35.5. The van der Waals surface area contributed by atoms with Gasteiger partial charge in [-0.25, -0.2) is 9.97 Å². The summed E-state index contributed by atoms with van der Waals surface area (Å²) in [5.74, 6) is 0.737. The van der Waals surface area contributed by atoms with Crippen molar-refractivity contribution in [3.8, 4) is 11.4 Å². The predicted octanol–water partition coefficient (Wildman–Crippen LogP) is 2.32. The largest absolute Gasteiger partial charge is 0.353 e. The molecule has 0 radical (unpaired) electrons. The van der Waals surface area contributed by atoms with E-state index in [1.807, 2.05) is 12.1 Å². The van der Waals surface area contributed by atoms with E-state index in [-0.39, 0.29) is 17.4 Å². The van der Waals surface area contributed by atoms with Crippen LogP contribution in [0.2, 0.25) is 5.02 Å². The summed E-state index contributed by atoms with van der Waals surface area (Å²) in [7, 11) is -1.25. The van der Waals surface area contributed by atoms with Crippen LogP contribution in [0.5, 0.6) is 0 Å². The SMILES string of the molecule is O=C(CS(=O)Cc1cnc(-c2ccc(Cl)cc2)nc1)NC1CC1. The standard InChI is InChI=1S/C16H16ClN3O2S/c17-13-3-1-12(2-4-13)16-18-7-11(8-19-16)9-23(22)10-15(21)20-14-5-6-14/h1-4,7-8,14H,5-6,9-10H2,(H,20,21). The van der Waals surface area contributed by atoms with Gasteiger partial charge in [0.05, 0.1) is 5.75 Å². The van der Waals surface area contributed by atoms with Crippen LogP contribution in [0.4, 0.5) is 0 Å². The van der Waals surface area contributed by atoms with Crippen LogP contribution in [0.1, 0.15) is 18.4 Å². The van der Waals surface area contributed by atoms with Crippen molar-refractivity contribution in [2.24, 2.45) is 0 Å². The molecule has 1 aromatic heterocycles. The van der Waals surface area contributed by atoms with Gasteiger partial charge in [-0.1, -0.05) is 11.6 Å². The molecular formula is C16H16ClN3O2S. The molecule has 120 valence electrons. The first-order valence-corrected chi connectivity index (χ1v) is 9.18. The maximum absolute atomic E-state index is 12.0. The molecule has 1 saturated carbocycles. The van der Waals surface area contributed by atoms with Gasteiger partial charge in [0.2, 0.25) is 5.91 Å². The number of aromatic nitrogens is 2. The summed E-state index contributed by atoms with van der Waals surface area (Å²) < 4.78 is 12.0. The third kappa shape index (κ3) is 4.84. The normalized spacial score (nSPS) is 15.2. The number of carbonyl (C=O) groups excluding carboxylic acids is 1. The molecule has 1 fully saturated rings. The lowest BCUT2D eigenvalue weighted by Gasteiger charge is -2.05. The van der Waals surface area contributed by atoms with E-state index < -0.39 is 10.8 Å². The van der Waals surface area contributed by atoms with Gasteiger partial charge in [0.1, 0.15) is 5.75 Å². The fraction of sp³-hybridized carbons (Fsp3) is 0.312. The van der Waals surface area contributed by atoms with Crippen molar-refractivity contribution < 1.29 is 9.00 Å². The fourth-order valence-electron chi connectivity index (χ4n) is 2.06. The minimum Gasteiger partial charge on any atom is -0.353 e. The molecule has 1 aromatic carbocycles. The van der Waals surface area contributed by atoms with E-state index in [4.69, 9.17) is 11.6 Å². The molecular weight excluding hydrogens is 334 g/mol. The van der Waals surface area contributed by atoms with Crippen LogP contribution >= 0.6 is 11.6 Å². The van der Waals surface area contributed by atoms with Gasteiger partial charge in [0.25, 0.3) is 0 Å². The van der Waals surface area contributed by atoms with Crippen molar-refractivity contribution in [3.63, 3.8) is 0 Å². The monoisotopic (exact) mass is 349 g/mol. The highest BCUT2D eigenvalue weighted by Crippen LogP contribution is 2.19. The fourth-order valence-corrected chi connectivity index (χ4v) is 3.18. The van der Waals surface area contributed by atoms with Crippen molar-refractivity contribution in [2.75, 3.05) is 5.75 Å². The first-order valence-electron chi connectivity index (χ1n) is 7.31. The molecule has 1 amide bonds. The molecule has 0 saturated heterocycles. The van der Waals surface area contributed by atoms with E-state index >= 15 is 0 Å². The molecule has 1 unspecified atom stereocenters. The summed E-state index contributed by atoms with van der Waals surface area (Å²) >= 11 is 5.85. The lowest BCUT2D eigenvalue weighted by Crippen LogP contribution is -2.30. The van der Waals surface area contributed by atoms with Crippen molar-refractivity contribution in [3.05, 3.63) is 47.2 Å². The number of benzene rings is 1. The second-order valence-electron chi connectivity index (χ2n) is 5.49. The number of nitrogens with zero attached hydrogens (tertiary/aromatic N) is 2. The second-order valence-corrected chi connectivity index (χ2v) is 7.39. The van der Waals surface area contributed by atoms with Gasteiger partial charge in [0, 0.05) is 45.4 Å². The van der Waals surface area contributed by atoms with Crippen LogP contribution in [0.3, 0.4) is 0 Å². The van der Waals surface area contributed by atoms with Gasteiger partial charge < -0.3 is 5.32 Å². The summed E-state index contributed by atoms with van der Waals surface area (Å²) in [6, 6.07) is 7.54. The Morgan fingerprint density at radius 1 is 1.22 bits per heavy atom. The van der Waals surface area contributed by atoms with Crippen molar-refractivity contribution in [1.82, 2.24) is 15.3 Å². The predicted molar refractivity (Wildman–Crippen MR) is 90.4 cm³/mol. The highest BCUT2D eigenvalue weighted by Gasteiger charge is 2.23. The zero-order chi connectivity index (χ0) is 16.2. The number of amides is 1. The van der Waals surface area contributed by atoms with E-state index in [0.29, 0.717) is 16.9 Å². The summed E-state index contributed by atoms with van der Waals surface area (Å²) in [4.78, 5) is 20.2. The zero-order valence-corrected chi connectivity index (χ0v) is 13.9. The van der Waals surface area contributed by atoms with Crippen LogP contribution in [0.25, 0.3) is 11.4 Å². The Bertz CT molecular complexity index is 715. The number of nitrogens with one attached hydrogen (secondary N) is 1. The summed E-state index contributed by atoms with van der Waals surface area (Å²) in [6.45, 7) is 0. The average molecular weight is 350 g/mol. The van der Waals surface area contributed by atoms with Crippen LogP contribution in [0, 0.1) is 0 Å². The van der Waals surface area contributed by atoms with Gasteiger partial charge in [-0.15, -0.1) is 0 Å². The number of hydrogen-bond acceptors (Lipinski definition) is 4. The van der Waals surface area contributed by atoms with E-state index in [0.717, 1.165) is 24.0 Å². The van der Waals surface area contributed by atoms with Crippen molar-refractivity contribution >= 4 is 28.3 Å². The quantitative estimate of drug-likeness (QED) is 0.868. The molecule has 0 spiro atoms. The minimum atomic E-state index is -1.25. The summed E-state index contributed by atoms with van der Waals surface area (Å²) in [5, 5.41) is 3.49. The molecule has 3 rings (SSSR count). The van der Waals surface area contributed by atoms with Crippen LogP contribution in [-0.4, -0.2) is 31.9 Å². The Morgan fingerprint density at radius 3 is 2.48 bits per heavy atom. The molecule has 7 heteroatoms. The lowest BCUT2D eigenvalue weighted by molar-refractivity contribution is -0.118. The maximum Gasteiger partial charge on any atom is 0.232 e. The minimum absolute atomic E-state index is 0.0232. The number of rotatable bonds is 6. The second kappa shape index (κ2) is 7.19. The molecule has 23 heavy (non-hydrogen) atoms. The number of carbonyl (C=O) groups is 1. The van der Waals surface area contributed by atoms with E-state index in [1.54, 1.807) is 24.5 Å². The average Bonchev–Trinajstić information content (AvgIpc) is 3.32. The van der Waals surface area contributed by atoms with Crippen LogP contribution in [0.15, 0.2) is 36.7 Å². The third-order valence-corrected chi connectivity index (χ3v) is 4.86. The number of halogens is 1. The van der Waals surface area contributed by atoms with E-state index in [2.05, 4.69) is 15.3 Å². The Morgan fingerprint density at radius 2 is 1.87 bits per heavy atom. The number of hydrogen-bond donors (Lipinski definition) is 1. The van der Waals surface area contributed by atoms with Crippen molar-refractivity contribution in [2.45, 2.75) is 24.6 Å². The first kappa shape index (κ1) is 16.1. The van der Waals surface area contributed by atoms with E-state index in [9.17, 15) is 9.00 Å². The van der Waals surface area contributed by atoms with Crippen molar-refractivity contribution in [1.29, 1.82) is 0 Å². The molecule has 0 bridgehead atoms. The van der Waals surface area contributed by atoms with Gasteiger partial charge in [-0.2, -0.15) is 0 Å². The molecule has 1 atom stereocenters. The lowest BCUT2D eigenvalue weighted by atomic mass is 10.2. The van der Waals surface area contributed by atoms with Gasteiger partial charge in [0.15, 0.2) is 5.82 Å². The molecule has 1 aliphatic carbocycles. The van der Waals surface area contributed by atoms with Crippen LogP contribution in [-0.2, 0) is 21.3 Å². The molecule has 1 heterocycles. The highest BCUT2D eigenvalue weighted by molar-refractivity contribution is 7.84. The first-order chi connectivity index (χ1) is 11.1. The molecule has 0 aliphatic heterocycles. The topological polar surface area (TPSA) is 72.0 Å². The molecule has 5 nitrogen and oxygen atoms in total. The van der Waals surface area contributed by atoms with Gasteiger partial charge in [-0.3, -0.25) is 9.00 Å². The molecule has 2 aromatic rings. The van der Waals surface area contributed by atoms with Gasteiger partial charge in [-0.05, 0) is 37.1 Å². The Balaban J connectivity index is 1.57. The van der Waals surface area contributed by atoms with E-state index in [1.165, 1.54) is 0 Å². The summed E-state index contributed by atoms with van der Waals surface area (Å²) in [5.41, 5.74) is 1.62. The maximum atomic E-state index is 12.0. The third-order valence-electron chi connectivity index (χ3n) is 3.37. The zero-order valence-electron chi connectivity index (χ0n) is 12.4. The summed E-state index contributed by atoms with van der Waals surface area (Å²) in [6.07, 6.45) is 5.35. The molecule has 1 aliphatic rings. The van der Waals surface area contributed by atoms with Crippen LogP contribution < -0.4 is 5.32 Å². The Hall–Kier alpha value is -1.79. The Kier molecular flexibility index (Phi) is 5.03. The molecule has 1 N–H and O–H groups in total. The Labute approximate surface area is 142 Å². The smallest absolute Gasteiger partial charge is 0.232 e.